The molecule has 31 heavy (non-hydrogen) atoms. The molecule has 1 unspecified atom stereocenters. The first kappa shape index (κ1) is 21.4. The highest BCUT2D eigenvalue weighted by molar-refractivity contribution is 6.29. The van der Waals surface area contributed by atoms with Gasteiger partial charge in [-0.05, 0) is 29.8 Å². The summed E-state index contributed by atoms with van der Waals surface area (Å²) in [5.74, 6) is 0.641. The predicted octanol–water partition coefficient (Wildman–Crippen LogP) is 2.32. The van der Waals surface area contributed by atoms with Crippen molar-refractivity contribution in [1.82, 2.24) is 14.8 Å². The zero-order valence-corrected chi connectivity index (χ0v) is 17.9. The summed E-state index contributed by atoms with van der Waals surface area (Å²) >= 11 is 6.16. The number of fused-ring (bicyclic) bond motifs is 1. The number of quaternary nitrogens is 1. The highest BCUT2D eigenvalue weighted by atomic mass is 35.5. The number of carbonyl (C=O) groups is 1. The maximum Gasteiger partial charge on any atom is 0.407 e. The van der Waals surface area contributed by atoms with E-state index in [1.54, 1.807) is 25.3 Å². The fraction of sp³-hybridized carbons (Fsp3) is 0.333. The van der Waals surface area contributed by atoms with Gasteiger partial charge in [0, 0.05) is 38.8 Å². The number of benzene rings is 1. The van der Waals surface area contributed by atoms with Gasteiger partial charge in [0.2, 0.25) is 0 Å². The van der Waals surface area contributed by atoms with Crippen molar-refractivity contribution in [2.24, 2.45) is 0 Å². The maximum absolute atomic E-state index is 12.5. The number of hydrogen-bond donors (Lipinski definition) is 3. The number of amides is 1. The third-order valence-electron chi connectivity index (χ3n) is 5.46. The Kier molecular flexibility index (Phi) is 6.28. The number of nitrogens with one attached hydrogen (secondary N) is 2. The lowest BCUT2D eigenvalue weighted by Crippen LogP contribution is -3.02. The van der Waals surface area contributed by atoms with E-state index in [0.717, 1.165) is 5.56 Å². The summed E-state index contributed by atoms with van der Waals surface area (Å²) in [6.45, 7) is 3.41. The average Bonchev–Trinajstić information content (AvgIpc) is 2.75. The third kappa shape index (κ3) is 4.75. The fourth-order valence-electron chi connectivity index (χ4n) is 3.86. The first-order chi connectivity index (χ1) is 14.9. The van der Waals surface area contributed by atoms with Crippen LogP contribution in [0.4, 0.5) is 21.9 Å². The number of pyridine rings is 1. The molecule has 0 aliphatic carbocycles. The molecule has 1 fully saturated rings. The highest BCUT2D eigenvalue weighted by Crippen LogP contribution is 2.34. The van der Waals surface area contributed by atoms with Gasteiger partial charge >= 0.3 is 6.09 Å². The number of halogens is 1. The summed E-state index contributed by atoms with van der Waals surface area (Å²) in [4.78, 5) is 19.0. The van der Waals surface area contributed by atoms with Gasteiger partial charge in [-0.2, -0.15) is 0 Å². The molecule has 2 aliphatic heterocycles. The van der Waals surface area contributed by atoms with Crippen molar-refractivity contribution in [3.8, 4) is 5.75 Å². The van der Waals surface area contributed by atoms with E-state index in [9.17, 15) is 10.0 Å². The van der Waals surface area contributed by atoms with Crippen LogP contribution in [0.25, 0.3) is 6.08 Å². The molecular formula is C21H24ClN5O4. The first-order valence-electron chi connectivity index (χ1n) is 9.99. The summed E-state index contributed by atoms with van der Waals surface area (Å²) in [6, 6.07) is 7.49. The second-order valence-electron chi connectivity index (χ2n) is 7.49. The first-order valence-corrected chi connectivity index (χ1v) is 10.4. The van der Waals surface area contributed by atoms with E-state index in [1.807, 2.05) is 18.2 Å². The van der Waals surface area contributed by atoms with Gasteiger partial charge in [-0.15, -0.1) is 0 Å². The lowest BCUT2D eigenvalue weighted by Gasteiger charge is -2.33. The van der Waals surface area contributed by atoms with Crippen molar-refractivity contribution in [1.29, 1.82) is 0 Å². The number of anilines is 2. The number of methoxy groups -OCH3 is 1. The Bertz CT molecular complexity index is 1010. The van der Waals surface area contributed by atoms with Crippen LogP contribution in [0.15, 0.2) is 30.3 Å². The van der Waals surface area contributed by atoms with E-state index in [1.165, 1.54) is 4.90 Å². The van der Waals surface area contributed by atoms with Crippen molar-refractivity contribution in [2.75, 3.05) is 45.2 Å². The molecular weight excluding hydrogens is 422 g/mol. The van der Waals surface area contributed by atoms with E-state index >= 15 is 0 Å². The Morgan fingerprint density at radius 3 is 2.77 bits per heavy atom. The lowest BCUT2D eigenvalue weighted by molar-refractivity contribution is -0.769. The molecule has 1 saturated heterocycles. The normalized spacial score (nSPS) is 18.5. The van der Waals surface area contributed by atoms with Crippen molar-refractivity contribution in [3.05, 3.63) is 52.0 Å². The minimum Gasteiger partial charge on any atom is -0.629 e. The van der Waals surface area contributed by atoms with Crippen LogP contribution in [0.1, 0.15) is 11.3 Å². The zero-order chi connectivity index (χ0) is 22.0. The number of hydrogen-bond acceptors (Lipinski definition) is 6. The molecule has 1 atom stereocenters. The number of ether oxygens (including phenoxy) is 1. The molecule has 1 aromatic heterocycles. The van der Waals surface area contributed by atoms with Gasteiger partial charge in [0.1, 0.15) is 28.8 Å². The van der Waals surface area contributed by atoms with Crippen LogP contribution in [-0.2, 0) is 6.54 Å². The van der Waals surface area contributed by atoms with Crippen LogP contribution in [0.3, 0.4) is 0 Å². The summed E-state index contributed by atoms with van der Waals surface area (Å²) < 4.78 is 5.58. The molecule has 10 heteroatoms. The Morgan fingerprint density at radius 2 is 2.06 bits per heavy atom. The third-order valence-corrected chi connectivity index (χ3v) is 5.65. The van der Waals surface area contributed by atoms with E-state index in [0.29, 0.717) is 72.9 Å². The highest BCUT2D eigenvalue weighted by Gasteiger charge is 2.22. The lowest BCUT2D eigenvalue weighted by atomic mass is 10.1. The van der Waals surface area contributed by atoms with Crippen LogP contribution in [0, 0.1) is 5.21 Å². The number of carboxylic acid groups (broad SMARTS) is 1. The van der Waals surface area contributed by atoms with E-state index in [2.05, 4.69) is 15.2 Å². The van der Waals surface area contributed by atoms with Crippen molar-refractivity contribution >= 4 is 40.8 Å². The number of rotatable bonds is 5. The quantitative estimate of drug-likeness (QED) is 0.479. The van der Waals surface area contributed by atoms with E-state index in [-0.39, 0.29) is 5.06 Å². The molecule has 4 rings (SSSR count). The molecule has 0 spiro atoms. The van der Waals surface area contributed by atoms with Gasteiger partial charge in [-0.1, -0.05) is 17.7 Å². The van der Waals surface area contributed by atoms with E-state index in [4.69, 9.17) is 21.4 Å². The van der Waals surface area contributed by atoms with Gasteiger partial charge in [0.25, 0.3) is 0 Å². The SMILES string of the molecule is COc1cc(CN2CCN(C(=O)O)CC2)ccc1Nc1cc(Cl)nc2c1[NH+]([O-])CC=C2. The summed E-state index contributed by atoms with van der Waals surface area (Å²) in [5.41, 5.74) is 3.45. The zero-order valence-electron chi connectivity index (χ0n) is 17.1. The number of hydroxylamine groups is 1. The predicted molar refractivity (Wildman–Crippen MR) is 118 cm³/mol. The number of aromatic nitrogens is 1. The van der Waals surface area contributed by atoms with Crippen molar-refractivity contribution in [2.45, 2.75) is 6.54 Å². The maximum atomic E-state index is 12.5. The van der Waals surface area contributed by atoms with Crippen LogP contribution >= 0.6 is 11.6 Å². The molecule has 1 amide bonds. The van der Waals surface area contributed by atoms with Gasteiger partial charge in [0.05, 0.1) is 12.8 Å². The van der Waals surface area contributed by atoms with Crippen molar-refractivity contribution in [3.63, 3.8) is 0 Å². The van der Waals surface area contributed by atoms with Gasteiger partial charge in [0.15, 0.2) is 5.69 Å². The van der Waals surface area contributed by atoms with E-state index < -0.39 is 6.09 Å². The Balaban J connectivity index is 1.52. The summed E-state index contributed by atoms with van der Waals surface area (Å²) in [7, 11) is 1.60. The van der Waals surface area contributed by atoms with Crippen LogP contribution in [0.5, 0.6) is 5.75 Å². The largest absolute Gasteiger partial charge is 0.629 e. The molecule has 3 heterocycles. The molecule has 3 N–H and O–H groups in total. The Morgan fingerprint density at radius 1 is 1.29 bits per heavy atom. The van der Waals surface area contributed by atoms with Crippen molar-refractivity contribution < 1.29 is 19.7 Å². The molecule has 2 aliphatic rings. The topological polar surface area (TPSA) is 105 Å². The van der Waals surface area contributed by atoms with Crippen LogP contribution < -0.4 is 15.1 Å². The second kappa shape index (κ2) is 9.11. The Hall–Kier alpha value is -2.85. The van der Waals surface area contributed by atoms with Crippen LogP contribution in [0.2, 0.25) is 5.15 Å². The fourth-order valence-corrected chi connectivity index (χ4v) is 4.06. The average molecular weight is 446 g/mol. The molecule has 9 nitrogen and oxygen atoms in total. The monoisotopic (exact) mass is 445 g/mol. The number of piperazine rings is 1. The molecule has 0 radical (unpaired) electrons. The molecule has 0 saturated carbocycles. The van der Waals surface area contributed by atoms with Gasteiger partial charge in [-0.3, -0.25) is 4.90 Å². The number of nitrogens with zero attached hydrogens (tertiary/aromatic N) is 3. The minimum absolute atomic E-state index is 0.0137. The molecule has 1 aromatic carbocycles. The van der Waals surface area contributed by atoms with Gasteiger partial charge < -0.3 is 30.3 Å². The molecule has 2 aromatic rings. The molecule has 164 valence electrons. The Labute approximate surface area is 185 Å². The second-order valence-corrected chi connectivity index (χ2v) is 7.88. The van der Waals surface area contributed by atoms with Gasteiger partial charge in [-0.25, -0.2) is 9.78 Å². The minimum atomic E-state index is -0.871. The standard InChI is InChI=1S/C21H24ClN5O4/c1-31-18-11-14(13-25-7-9-26(10-8-25)21(28)29)4-5-15(18)23-17-12-19(22)24-16-3-2-6-27(30)20(16)17/h2-5,11-12,27H,6-10,13H2,1H3,(H,23,24)(H,28,29). The molecule has 0 bridgehead atoms. The van der Waals surface area contributed by atoms with Crippen LogP contribution in [-0.4, -0.2) is 65.8 Å². The summed E-state index contributed by atoms with van der Waals surface area (Å²) in [5, 5.41) is 25.1. The summed E-state index contributed by atoms with van der Waals surface area (Å²) in [6.07, 6.45) is 2.71. The smallest absolute Gasteiger partial charge is 0.407 e.